The molecule has 4 aromatic rings. The Hall–Kier alpha value is -3.13. The van der Waals surface area contributed by atoms with Gasteiger partial charge in [-0.15, -0.1) is 11.3 Å². The quantitative estimate of drug-likeness (QED) is 0.254. The first kappa shape index (κ1) is 26.5. The number of fused-ring (bicyclic) bond motifs is 1. The van der Waals surface area contributed by atoms with E-state index in [9.17, 15) is 4.79 Å². The van der Waals surface area contributed by atoms with Crippen LogP contribution in [0.5, 0.6) is 5.75 Å². The highest BCUT2D eigenvalue weighted by atomic mass is 35.5. The Labute approximate surface area is 232 Å². The van der Waals surface area contributed by atoms with Crippen molar-refractivity contribution in [2.24, 2.45) is 0 Å². The first-order chi connectivity index (χ1) is 18.5. The molecule has 0 bridgehead atoms. The maximum Gasteiger partial charge on any atom is 0.266 e. The predicted molar refractivity (Wildman–Crippen MR) is 157 cm³/mol. The molecule has 0 radical (unpaired) electrons. The molecule has 1 fully saturated rings. The third-order valence-corrected chi connectivity index (χ3v) is 9.02. The van der Waals surface area contributed by atoms with Crippen molar-refractivity contribution in [1.29, 1.82) is 0 Å². The van der Waals surface area contributed by atoms with E-state index in [1.807, 2.05) is 61.3 Å². The number of hydrogen-bond donors (Lipinski definition) is 2. The molecule has 3 N–H and O–H groups in total. The van der Waals surface area contributed by atoms with Gasteiger partial charge in [-0.2, -0.15) is 0 Å². The molecule has 1 aliphatic rings. The molecule has 8 heteroatoms. The molecule has 0 saturated heterocycles. The van der Waals surface area contributed by atoms with Gasteiger partial charge in [0.25, 0.3) is 5.91 Å². The minimum absolute atomic E-state index is 0.0221. The molecule has 2 aromatic heterocycles. The number of carbonyl (C=O) groups excluding carboxylic acids is 1. The lowest BCUT2D eigenvalue weighted by atomic mass is 9.89. The Kier molecular flexibility index (Phi) is 8.17. The number of nitrogens with two attached hydrogens (primary N) is 1. The topological polar surface area (TPSA) is 80.5 Å². The molecule has 5 rings (SSSR count). The van der Waals surface area contributed by atoms with Gasteiger partial charge < -0.3 is 20.7 Å². The van der Waals surface area contributed by atoms with Gasteiger partial charge in [-0.1, -0.05) is 35.9 Å². The highest BCUT2D eigenvalue weighted by Crippen LogP contribution is 2.38. The first-order valence-electron chi connectivity index (χ1n) is 13.1. The molecule has 1 aliphatic carbocycles. The summed E-state index contributed by atoms with van der Waals surface area (Å²) < 4.78 is 7.04. The Balaban J connectivity index is 1.53. The van der Waals surface area contributed by atoms with Crippen LogP contribution in [0.25, 0.3) is 21.2 Å². The highest BCUT2D eigenvalue weighted by molar-refractivity contribution is 7.21. The van der Waals surface area contributed by atoms with Crippen molar-refractivity contribution < 1.29 is 9.53 Å². The number of amides is 1. The van der Waals surface area contributed by atoms with Gasteiger partial charge in [-0.05, 0) is 75.5 Å². The van der Waals surface area contributed by atoms with Gasteiger partial charge in [0.1, 0.15) is 16.4 Å². The van der Waals surface area contributed by atoms with Crippen LogP contribution >= 0.6 is 22.9 Å². The van der Waals surface area contributed by atoms with E-state index < -0.39 is 0 Å². The van der Waals surface area contributed by atoms with E-state index in [1.165, 1.54) is 11.3 Å². The summed E-state index contributed by atoms with van der Waals surface area (Å²) >= 11 is 8.26. The summed E-state index contributed by atoms with van der Waals surface area (Å²) in [5, 5.41) is 4.86. The highest BCUT2D eigenvalue weighted by Gasteiger charge is 2.32. The lowest BCUT2D eigenvalue weighted by molar-refractivity contribution is 0.0604. The van der Waals surface area contributed by atoms with Crippen molar-refractivity contribution in [2.75, 3.05) is 19.4 Å². The number of nitrogens with zero attached hydrogens (tertiary/aromatic N) is 2. The number of ether oxygens (including phenoxy) is 1. The van der Waals surface area contributed by atoms with Gasteiger partial charge in [0.05, 0.1) is 11.6 Å². The van der Waals surface area contributed by atoms with Crippen LogP contribution < -0.4 is 15.8 Å². The van der Waals surface area contributed by atoms with Crippen molar-refractivity contribution in [3.05, 3.63) is 76.3 Å². The molecule has 6 nitrogen and oxygen atoms in total. The number of anilines is 1. The van der Waals surface area contributed by atoms with Crippen LogP contribution in [0.4, 0.5) is 5.82 Å². The average molecular weight is 549 g/mol. The summed E-state index contributed by atoms with van der Waals surface area (Å²) in [4.78, 5) is 21.1. The molecular formula is C30H33ClN4O2S. The summed E-state index contributed by atoms with van der Waals surface area (Å²) in [7, 11) is 2.01. The average Bonchev–Trinajstić information content (AvgIpc) is 3.29. The van der Waals surface area contributed by atoms with Gasteiger partial charge in [-0.3, -0.25) is 4.79 Å². The second-order valence-corrected chi connectivity index (χ2v) is 11.1. The van der Waals surface area contributed by atoms with E-state index in [0.717, 1.165) is 58.2 Å². The monoisotopic (exact) mass is 548 g/mol. The Morgan fingerprint density at radius 2 is 1.89 bits per heavy atom. The molecule has 2 heterocycles. The van der Waals surface area contributed by atoms with E-state index in [-0.39, 0.29) is 11.9 Å². The number of benzene rings is 2. The van der Waals surface area contributed by atoms with Gasteiger partial charge in [-0.25, -0.2) is 4.98 Å². The molecule has 198 valence electrons. The third kappa shape index (κ3) is 5.51. The zero-order valence-corrected chi connectivity index (χ0v) is 23.3. The molecule has 38 heavy (non-hydrogen) atoms. The fourth-order valence-corrected chi connectivity index (χ4v) is 6.73. The van der Waals surface area contributed by atoms with Crippen molar-refractivity contribution in [2.45, 2.75) is 51.2 Å². The predicted octanol–water partition coefficient (Wildman–Crippen LogP) is 6.77. The third-order valence-electron chi connectivity index (χ3n) is 7.36. The molecule has 0 spiro atoms. The number of aromatic nitrogens is 1. The fraction of sp³-hybridized carbons (Fsp3) is 0.333. The van der Waals surface area contributed by atoms with Crippen LogP contribution in [0.15, 0.2) is 60.8 Å². The molecule has 0 unspecified atom stereocenters. The van der Waals surface area contributed by atoms with Crippen LogP contribution in [0.1, 0.15) is 47.8 Å². The summed E-state index contributed by atoms with van der Waals surface area (Å²) in [5.41, 5.74) is 8.73. The van der Waals surface area contributed by atoms with Crippen molar-refractivity contribution >= 4 is 44.7 Å². The Bertz CT molecular complexity index is 1410. The second kappa shape index (κ2) is 11.7. The zero-order chi connectivity index (χ0) is 26.6. The molecule has 0 aliphatic heterocycles. The molecule has 2 aromatic carbocycles. The Morgan fingerprint density at radius 3 is 2.58 bits per heavy atom. The summed E-state index contributed by atoms with van der Waals surface area (Å²) in [6, 6.07) is 18.4. The van der Waals surface area contributed by atoms with E-state index in [2.05, 4.69) is 16.4 Å². The number of hydrogen-bond acceptors (Lipinski definition) is 6. The minimum atomic E-state index is -0.0221. The van der Waals surface area contributed by atoms with Crippen LogP contribution in [-0.2, 0) is 6.54 Å². The second-order valence-electron chi connectivity index (χ2n) is 9.70. The number of carbonyl (C=O) groups is 1. The molecule has 1 amide bonds. The summed E-state index contributed by atoms with van der Waals surface area (Å²) in [5.74, 6) is 1.24. The minimum Gasteiger partial charge on any atom is -0.494 e. The van der Waals surface area contributed by atoms with Crippen LogP contribution in [0.3, 0.4) is 0 Å². The number of pyridine rings is 1. The first-order valence-corrected chi connectivity index (χ1v) is 14.3. The smallest absolute Gasteiger partial charge is 0.266 e. The standard InChI is InChI=1S/C30H33ClN4O2S/c1-3-37-25-14-8-19(20-9-15-27(32)34-17-20)16-21(25)18-35(23-12-10-22(33-2)11-13-23)30(36)29-28(31)24-6-4-5-7-26(24)38-29/h4-9,14-17,22-23,33H,3,10-13,18H2,1-2H3,(H2,32,34). The van der Waals surface area contributed by atoms with Crippen LogP contribution in [0, 0.1) is 0 Å². The van der Waals surface area contributed by atoms with E-state index in [1.54, 1.807) is 12.3 Å². The van der Waals surface area contributed by atoms with Gasteiger partial charge in [0, 0.05) is 46.0 Å². The number of thiophene rings is 1. The fourth-order valence-electron chi connectivity index (χ4n) is 5.26. The number of halogens is 1. The maximum absolute atomic E-state index is 14.2. The van der Waals surface area contributed by atoms with E-state index in [4.69, 9.17) is 22.1 Å². The lowest BCUT2D eigenvalue weighted by Crippen LogP contribution is -2.44. The summed E-state index contributed by atoms with van der Waals surface area (Å²) in [6.07, 6.45) is 5.70. The van der Waals surface area contributed by atoms with Crippen molar-refractivity contribution in [1.82, 2.24) is 15.2 Å². The summed E-state index contributed by atoms with van der Waals surface area (Å²) in [6.45, 7) is 2.95. The maximum atomic E-state index is 14.2. The van der Waals surface area contributed by atoms with Crippen molar-refractivity contribution in [3.63, 3.8) is 0 Å². The van der Waals surface area contributed by atoms with Crippen molar-refractivity contribution in [3.8, 4) is 16.9 Å². The van der Waals surface area contributed by atoms with Gasteiger partial charge in [0.15, 0.2) is 0 Å². The zero-order valence-electron chi connectivity index (χ0n) is 21.7. The van der Waals surface area contributed by atoms with Crippen LogP contribution in [0.2, 0.25) is 5.02 Å². The van der Waals surface area contributed by atoms with Gasteiger partial charge >= 0.3 is 0 Å². The van der Waals surface area contributed by atoms with E-state index in [0.29, 0.717) is 34.9 Å². The van der Waals surface area contributed by atoms with E-state index >= 15 is 0 Å². The number of nitrogens with one attached hydrogen (secondary N) is 1. The SMILES string of the molecule is CCOc1ccc(-c2ccc(N)nc2)cc1CN(C(=O)c1sc2ccccc2c1Cl)C1CCC(NC)CC1. The number of nitrogen functional groups attached to an aromatic ring is 1. The number of rotatable bonds is 8. The lowest BCUT2D eigenvalue weighted by Gasteiger charge is -2.37. The largest absolute Gasteiger partial charge is 0.494 e. The molecular weight excluding hydrogens is 516 g/mol. The van der Waals surface area contributed by atoms with Crippen LogP contribution in [-0.4, -0.2) is 41.5 Å². The van der Waals surface area contributed by atoms with Gasteiger partial charge in [0.2, 0.25) is 0 Å². The normalized spacial score (nSPS) is 17.4. The Morgan fingerprint density at radius 1 is 1.13 bits per heavy atom. The molecule has 1 saturated carbocycles. The molecule has 0 atom stereocenters.